The van der Waals surface area contributed by atoms with Crippen molar-refractivity contribution in [3.63, 3.8) is 0 Å². The fourth-order valence-electron chi connectivity index (χ4n) is 4.48. The van der Waals surface area contributed by atoms with Crippen molar-refractivity contribution in [1.82, 2.24) is 0 Å². The molecule has 0 bridgehead atoms. The highest BCUT2D eigenvalue weighted by atomic mass is 35.5. The second-order valence-electron chi connectivity index (χ2n) is 8.80. The number of carbonyl (C=O) groups is 2. The first-order valence-corrected chi connectivity index (χ1v) is 12.8. The number of ketones is 1. The normalized spacial score (nSPS) is 16.6. The summed E-state index contributed by atoms with van der Waals surface area (Å²) in [6.07, 6.45) is 1.66. The Balaban J connectivity index is 1.95. The van der Waals surface area contributed by atoms with E-state index in [1.807, 2.05) is 38.1 Å². The van der Waals surface area contributed by atoms with Crippen LogP contribution in [0.25, 0.3) is 5.76 Å². The standard InChI is InChI=1S/C30H30ClNO6/c1-5-14-38-21-9-7-8-20(15-21)32-27(19-12-10-18(6-2)11-13-19)26(29(34)30(32)35)28(33)22-16-25(37-4)23(31)17-24(22)36-3/h7-13,15-17,27,33H,5-6,14H2,1-4H3/b28-26+. The highest BCUT2D eigenvalue weighted by Crippen LogP contribution is 2.45. The Bertz CT molecular complexity index is 1380. The quantitative estimate of drug-likeness (QED) is 0.196. The summed E-state index contributed by atoms with van der Waals surface area (Å²) >= 11 is 6.26. The summed E-state index contributed by atoms with van der Waals surface area (Å²) < 4.78 is 16.5. The Labute approximate surface area is 227 Å². The summed E-state index contributed by atoms with van der Waals surface area (Å²) in [6, 6.07) is 16.7. The molecule has 0 spiro atoms. The number of benzene rings is 3. The van der Waals surface area contributed by atoms with Gasteiger partial charge in [-0.05, 0) is 42.2 Å². The first-order valence-electron chi connectivity index (χ1n) is 12.4. The van der Waals surface area contributed by atoms with Gasteiger partial charge in [0.1, 0.15) is 23.0 Å². The maximum Gasteiger partial charge on any atom is 0.300 e. The van der Waals surface area contributed by atoms with Crippen molar-refractivity contribution in [1.29, 1.82) is 0 Å². The van der Waals surface area contributed by atoms with Gasteiger partial charge in [0.15, 0.2) is 0 Å². The minimum absolute atomic E-state index is 0.0678. The van der Waals surface area contributed by atoms with Crippen LogP contribution >= 0.6 is 11.6 Å². The van der Waals surface area contributed by atoms with Gasteiger partial charge in [0, 0.05) is 17.8 Å². The summed E-state index contributed by atoms with van der Waals surface area (Å²) in [5, 5.41) is 11.9. The molecule has 0 radical (unpaired) electrons. The molecule has 1 aliphatic heterocycles. The molecule has 0 aliphatic carbocycles. The lowest BCUT2D eigenvalue weighted by Crippen LogP contribution is -2.29. The van der Waals surface area contributed by atoms with Gasteiger partial charge in [-0.25, -0.2) is 0 Å². The van der Waals surface area contributed by atoms with Gasteiger partial charge in [-0.15, -0.1) is 0 Å². The third-order valence-corrected chi connectivity index (χ3v) is 6.74. The third-order valence-electron chi connectivity index (χ3n) is 6.45. The number of ether oxygens (including phenoxy) is 3. The van der Waals surface area contributed by atoms with Crippen molar-refractivity contribution in [2.24, 2.45) is 0 Å². The average molecular weight is 536 g/mol. The molecule has 1 unspecified atom stereocenters. The highest BCUT2D eigenvalue weighted by Gasteiger charge is 2.47. The van der Waals surface area contributed by atoms with Crippen LogP contribution in [0, 0.1) is 0 Å². The van der Waals surface area contributed by atoms with E-state index in [0.717, 1.165) is 18.4 Å². The monoisotopic (exact) mass is 535 g/mol. The summed E-state index contributed by atoms with van der Waals surface area (Å²) in [5.41, 5.74) is 2.36. The Hall–Kier alpha value is -3.97. The molecule has 8 heteroatoms. The highest BCUT2D eigenvalue weighted by molar-refractivity contribution is 6.51. The van der Waals surface area contributed by atoms with Crippen LogP contribution in [-0.2, 0) is 16.0 Å². The van der Waals surface area contributed by atoms with Crippen LogP contribution in [0.4, 0.5) is 5.69 Å². The number of halogens is 1. The fraction of sp³-hybridized carbons (Fsp3) is 0.267. The molecule has 1 fully saturated rings. The molecule has 4 rings (SSSR count). The van der Waals surface area contributed by atoms with Crippen LogP contribution < -0.4 is 19.1 Å². The van der Waals surface area contributed by atoms with E-state index in [1.54, 1.807) is 24.3 Å². The number of aliphatic hydroxyl groups is 1. The molecule has 1 saturated heterocycles. The average Bonchev–Trinajstić information content (AvgIpc) is 3.21. The fourth-order valence-corrected chi connectivity index (χ4v) is 4.71. The van der Waals surface area contributed by atoms with E-state index in [4.69, 9.17) is 25.8 Å². The van der Waals surface area contributed by atoms with E-state index in [2.05, 4.69) is 0 Å². The van der Waals surface area contributed by atoms with Gasteiger partial charge in [0.05, 0.1) is 43.0 Å². The molecule has 1 N–H and O–H groups in total. The van der Waals surface area contributed by atoms with E-state index in [9.17, 15) is 14.7 Å². The summed E-state index contributed by atoms with van der Waals surface area (Å²) in [6.45, 7) is 4.56. The molecule has 198 valence electrons. The smallest absolute Gasteiger partial charge is 0.300 e. The summed E-state index contributed by atoms with van der Waals surface area (Å²) in [4.78, 5) is 28.5. The van der Waals surface area contributed by atoms with Gasteiger partial charge in [-0.1, -0.05) is 55.8 Å². The van der Waals surface area contributed by atoms with Crippen LogP contribution in [0.15, 0.2) is 66.2 Å². The largest absolute Gasteiger partial charge is 0.507 e. The zero-order valence-electron chi connectivity index (χ0n) is 21.8. The van der Waals surface area contributed by atoms with Crippen molar-refractivity contribution in [2.75, 3.05) is 25.7 Å². The van der Waals surface area contributed by atoms with Crippen LogP contribution in [-0.4, -0.2) is 37.6 Å². The minimum Gasteiger partial charge on any atom is -0.507 e. The topological polar surface area (TPSA) is 85.3 Å². The van der Waals surface area contributed by atoms with E-state index >= 15 is 0 Å². The number of aliphatic hydroxyl groups excluding tert-OH is 1. The van der Waals surface area contributed by atoms with Gasteiger partial charge >= 0.3 is 0 Å². The maximum absolute atomic E-state index is 13.6. The first-order chi connectivity index (χ1) is 18.3. The van der Waals surface area contributed by atoms with Crippen molar-refractivity contribution in [3.8, 4) is 17.2 Å². The van der Waals surface area contributed by atoms with Gasteiger partial charge < -0.3 is 19.3 Å². The van der Waals surface area contributed by atoms with Gasteiger partial charge in [0.2, 0.25) is 0 Å². The lowest BCUT2D eigenvalue weighted by atomic mass is 9.94. The zero-order valence-corrected chi connectivity index (χ0v) is 22.5. The Morgan fingerprint density at radius 2 is 1.68 bits per heavy atom. The molecule has 0 aromatic heterocycles. The molecule has 3 aromatic carbocycles. The lowest BCUT2D eigenvalue weighted by Gasteiger charge is -2.26. The third kappa shape index (κ3) is 5.07. The number of rotatable bonds is 9. The van der Waals surface area contributed by atoms with Crippen LogP contribution in [0.3, 0.4) is 0 Å². The number of methoxy groups -OCH3 is 2. The van der Waals surface area contributed by atoms with Crippen molar-refractivity contribution in [3.05, 3.63) is 87.9 Å². The number of Topliss-reactive ketones (excluding diaryl/α,β-unsaturated/α-hetero) is 1. The van der Waals surface area contributed by atoms with Crippen LogP contribution in [0.2, 0.25) is 5.02 Å². The molecule has 1 amide bonds. The predicted molar refractivity (Wildman–Crippen MR) is 147 cm³/mol. The molecule has 0 saturated carbocycles. The number of aryl methyl sites for hydroxylation is 1. The SMILES string of the molecule is CCCOc1cccc(N2C(=O)C(=O)/C(=C(/O)c3cc(OC)c(Cl)cc3OC)C2c2ccc(CC)cc2)c1. The summed E-state index contributed by atoms with van der Waals surface area (Å²) in [5.74, 6) is -0.870. The second kappa shape index (κ2) is 11.6. The number of carbonyl (C=O) groups excluding carboxylic acids is 2. The minimum atomic E-state index is -0.895. The molecule has 1 heterocycles. The molecule has 1 aliphatic rings. The van der Waals surface area contributed by atoms with Gasteiger partial charge in [-0.3, -0.25) is 14.5 Å². The molecular formula is C30H30ClNO6. The Morgan fingerprint density at radius 1 is 0.974 bits per heavy atom. The van der Waals surface area contributed by atoms with Crippen molar-refractivity contribution in [2.45, 2.75) is 32.7 Å². The lowest BCUT2D eigenvalue weighted by molar-refractivity contribution is -0.132. The summed E-state index contributed by atoms with van der Waals surface area (Å²) in [7, 11) is 2.87. The first kappa shape index (κ1) is 27.1. The number of hydrogen-bond donors (Lipinski definition) is 1. The van der Waals surface area contributed by atoms with Crippen LogP contribution in [0.1, 0.15) is 43.0 Å². The number of nitrogens with zero attached hydrogens (tertiary/aromatic N) is 1. The Kier molecular flexibility index (Phi) is 8.27. The van der Waals surface area contributed by atoms with E-state index < -0.39 is 17.7 Å². The Morgan fingerprint density at radius 3 is 2.32 bits per heavy atom. The molecule has 7 nitrogen and oxygen atoms in total. The maximum atomic E-state index is 13.6. The van der Waals surface area contributed by atoms with E-state index in [-0.39, 0.29) is 33.4 Å². The molecule has 38 heavy (non-hydrogen) atoms. The zero-order chi connectivity index (χ0) is 27.4. The van der Waals surface area contributed by atoms with Gasteiger partial charge in [0.25, 0.3) is 11.7 Å². The number of hydrogen-bond acceptors (Lipinski definition) is 6. The van der Waals surface area contributed by atoms with Crippen molar-refractivity contribution >= 4 is 34.7 Å². The van der Waals surface area contributed by atoms with Crippen molar-refractivity contribution < 1.29 is 28.9 Å². The van der Waals surface area contributed by atoms with Gasteiger partial charge in [-0.2, -0.15) is 0 Å². The number of anilines is 1. The molecule has 3 aromatic rings. The molecular weight excluding hydrogens is 506 g/mol. The van der Waals surface area contributed by atoms with E-state index in [1.165, 1.54) is 31.3 Å². The predicted octanol–water partition coefficient (Wildman–Crippen LogP) is 6.33. The molecule has 1 atom stereocenters. The van der Waals surface area contributed by atoms with Crippen LogP contribution in [0.5, 0.6) is 17.2 Å². The number of amides is 1. The second-order valence-corrected chi connectivity index (χ2v) is 9.20. The van der Waals surface area contributed by atoms with E-state index in [0.29, 0.717) is 23.6 Å².